The van der Waals surface area contributed by atoms with E-state index in [1.807, 2.05) is 56.3 Å². The van der Waals surface area contributed by atoms with Gasteiger partial charge in [0.25, 0.3) is 5.89 Å². The average Bonchev–Trinajstić information content (AvgIpc) is 3.55. The molecular weight excluding hydrogens is 510 g/mol. The van der Waals surface area contributed by atoms with E-state index < -0.39 is 11.6 Å². The normalized spacial score (nSPS) is 14.3. The van der Waals surface area contributed by atoms with Crippen LogP contribution < -0.4 is 10.6 Å². The van der Waals surface area contributed by atoms with Crippen LogP contribution >= 0.6 is 0 Å². The minimum absolute atomic E-state index is 0.186. The molecule has 0 fully saturated rings. The molecule has 0 spiro atoms. The molecule has 0 unspecified atom stereocenters. The Hall–Kier alpha value is -5.16. The molecule has 6 rings (SSSR count). The first-order valence-electron chi connectivity index (χ1n) is 12.6. The Morgan fingerprint density at radius 3 is 2.62 bits per heavy atom. The standard InChI is InChI=1S/C29H25N7O4/c1-29(2)22-13-19(10-11-20(22)27(38)39-29)32-28-31-15-21(26-34-24(36-40-26)18-9-6-12-30-14-18)25(35-28)33-23(16-37)17-7-4-3-5-8-17/h3-15,23,37H,16H2,1-2H3,(H2,31,32,33,35)/t23-/m1/s1. The lowest BCUT2D eigenvalue weighted by Crippen LogP contribution is -2.17. The number of aromatic nitrogens is 5. The summed E-state index contributed by atoms with van der Waals surface area (Å²) in [5.41, 5.74) is 3.27. The van der Waals surface area contributed by atoms with Gasteiger partial charge in [0, 0.05) is 35.4 Å². The van der Waals surface area contributed by atoms with Gasteiger partial charge in [0.1, 0.15) is 17.0 Å². The van der Waals surface area contributed by atoms with E-state index in [0.29, 0.717) is 34.0 Å². The first-order chi connectivity index (χ1) is 19.4. The number of esters is 1. The topological polar surface area (TPSA) is 148 Å². The van der Waals surface area contributed by atoms with Crippen molar-refractivity contribution in [2.24, 2.45) is 0 Å². The zero-order chi connectivity index (χ0) is 27.7. The lowest BCUT2D eigenvalue weighted by atomic mass is 9.95. The first kappa shape index (κ1) is 25.1. The molecule has 0 amide bonds. The van der Waals surface area contributed by atoms with Crippen molar-refractivity contribution in [1.29, 1.82) is 0 Å². The lowest BCUT2D eigenvalue weighted by molar-refractivity contribution is 0.00954. The third-order valence-corrected chi connectivity index (χ3v) is 6.55. The van der Waals surface area contributed by atoms with E-state index in [2.05, 4.69) is 30.7 Å². The van der Waals surface area contributed by atoms with Gasteiger partial charge in [0.15, 0.2) is 0 Å². The Labute approximate surface area is 229 Å². The molecule has 40 heavy (non-hydrogen) atoms. The van der Waals surface area contributed by atoms with Gasteiger partial charge in [0.2, 0.25) is 11.8 Å². The minimum Gasteiger partial charge on any atom is -0.451 e. The van der Waals surface area contributed by atoms with E-state index in [0.717, 1.165) is 11.1 Å². The van der Waals surface area contributed by atoms with Crippen LogP contribution in [0, 0.1) is 0 Å². The molecule has 1 aliphatic rings. The SMILES string of the molecule is CC1(C)OC(=O)c2ccc(Nc3ncc(-c4nc(-c5cccnc5)no4)c(N[C@H](CO)c4ccccc4)n3)cc21. The highest BCUT2D eigenvalue weighted by molar-refractivity contribution is 5.95. The predicted octanol–water partition coefficient (Wildman–Crippen LogP) is 4.88. The van der Waals surface area contributed by atoms with Gasteiger partial charge >= 0.3 is 5.97 Å². The van der Waals surface area contributed by atoms with Crippen LogP contribution in [0.4, 0.5) is 17.5 Å². The number of ether oxygens (including phenoxy) is 1. The Kier molecular flexibility index (Phi) is 6.40. The van der Waals surface area contributed by atoms with Crippen LogP contribution in [0.5, 0.6) is 0 Å². The molecule has 0 saturated carbocycles. The van der Waals surface area contributed by atoms with Crippen LogP contribution in [0.25, 0.3) is 22.8 Å². The van der Waals surface area contributed by atoms with E-state index in [1.165, 1.54) is 0 Å². The number of carbonyl (C=O) groups is 1. The largest absolute Gasteiger partial charge is 0.451 e. The van der Waals surface area contributed by atoms with Crippen LogP contribution in [-0.4, -0.2) is 42.8 Å². The third-order valence-electron chi connectivity index (χ3n) is 6.55. The van der Waals surface area contributed by atoms with Crippen molar-refractivity contribution >= 4 is 23.4 Å². The number of cyclic esters (lactones) is 1. The highest BCUT2D eigenvalue weighted by atomic mass is 16.6. The Morgan fingerprint density at radius 1 is 1.00 bits per heavy atom. The molecule has 0 bridgehead atoms. The van der Waals surface area contributed by atoms with Crippen LogP contribution in [0.3, 0.4) is 0 Å². The molecule has 1 atom stereocenters. The molecule has 0 aliphatic carbocycles. The van der Waals surface area contributed by atoms with Gasteiger partial charge in [0.05, 0.1) is 18.2 Å². The number of nitrogens with one attached hydrogen (secondary N) is 2. The summed E-state index contributed by atoms with van der Waals surface area (Å²) in [5, 5.41) is 20.8. The molecule has 3 N–H and O–H groups in total. The van der Waals surface area contributed by atoms with Crippen molar-refractivity contribution in [2.75, 3.05) is 17.2 Å². The highest BCUT2D eigenvalue weighted by Crippen LogP contribution is 2.38. The summed E-state index contributed by atoms with van der Waals surface area (Å²) in [6.45, 7) is 3.50. The van der Waals surface area contributed by atoms with E-state index in [-0.39, 0.29) is 24.4 Å². The summed E-state index contributed by atoms with van der Waals surface area (Å²) in [7, 11) is 0. The van der Waals surface area contributed by atoms with Crippen LogP contribution in [0.15, 0.2) is 83.8 Å². The van der Waals surface area contributed by atoms with Crippen LogP contribution in [0.1, 0.15) is 41.4 Å². The quantitative estimate of drug-likeness (QED) is 0.233. The van der Waals surface area contributed by atoms with Gasteiger partial charge in [-0.1, -0.05) is 35.5 Å². The van der Waals surface area contributed by atoms with Gasteiger partial charge in [-0.25, -0.2) is 9.78 Å². The second-order valence-corrected chi connectivity index (χ2v) is 9.70. The summed E-state index contributed by atoms with van der Waals surface area (Å²) in [6, 6.07) is 18.0. The smallest absolute Gasteiger partial charge is 0.339 e. The van der Waals surface area contributed by atoms with Crippen molar-refractivity contribution in [1.82, 2.24) is 25.1 Å². The number of hydrogen-bond donors (Lipinski definition) is 3. The van der Waals surface area contributed by atoms with Gasteiger partial charge in [-0.15, -0.1) is 0 Å². The molecule has 11 heteroatoms. The number of nitrogens with zero attached hydrogens (tertiary/aromatic N) is 5. The molecule has 5 aromatic rings. The fourth-order valence-corrected chi connectivity index (χ4v) is 4.51. The zero-order valence-electron chi connectivity index (χ0n) is 21.7. The number of anilines is 3. The number of rotatable bonds is 8. The average molecular weight is 536 g/mol. The fraction of sp³-hybridized carbons (Fsp3) is 0.172. The Balaban J connectivity index is 1.36. The van der Waals surface area contributed by atoms with Gasteiger partial charge in [-0.2, -0.15) is 9.97 Å². The van der Waals surface area contributed by atoms with Gasteiger partial charge in [-0.05, 0) is 49.7 Å². The van der Waals surface area contributed by atoms with E-state index in [1.54, 1.807) is 36.8 Å². The number of hydrogen-bond acceptors (Lipinski definition) is 11. The van der Waals surface area contributed by atoms with Crippen molar-refractivity contribution in [2.45, 2.75) is 25.5 Å². The molecule has 3 aromatic heterocycles. The maximum absolute atomic E-state index is 12.2. The first-order valence-corrected chi connectivity index (χ1v) is 12.6. The molecular formula is C29H25N7O4. The second-order valence-electron chi connectivity index (χ2n) is 9.70. The fourth-order valence-electron chi connectivity index (χ4n) is 4.51. The van der Waals surface area contributed by atoms with E-state index in [9.17, 15) is 9.90 Å². The summed E-state index contributed by atoms with van der Waals surface area (Å²) in [6.07, 6.45) is 4.88. The molecule has 0 saturated heterocycles. The van der Waals surface area contributed by atoms with Crippen molar-refractivity contribution in [3.05, 3.63) is 95.9 Å². The number of carbonyl (C=O) groups excluding carboxylic acids is 1. The molecule has 11 nitrogen and oxygen atoms in total. The predicted molar refractivity (Wildman–Crippen MR) is 147 cm³/mol. The monoisotopic (exact) mass is 535 g/mol. The van der Waals surface area contributed by atoms with Crippen molar-refractivity contribution in [3.8, 4) is 22.8 Å². The van der Waals surface area contributed by atoms with E-state index >= 15 is 0 Å². The number of pyridine rings is 1. The number of benzene rings is 2. The lowest BCUT2D eigenvalue weighted by Gasteiger charge is -2.20. The maximum atomic E-state index is 12.2. The number of aliphatic hydroxyl groups excluding tert-OH is 1. The van der Waals surface area contributed by atoms with E-state index in [4.69, 9.17) is 14.2 Å². The van der Waals surface area contributed by atoms with Crippen LogP contribution in [-0.2, 0) is 10.3 Å². The zero-order valence-corrected chi connectivity index (χ0v) is 21.7. The third kappa shape index (κ3) is 4.85. The molecule has 2 aromatic carbocycles. The maximum Gasteiger partial charge on any atom is 0.339 e. The summed E-state index contributed by atoms with van der Waals surface area (Å²) in [5.74, 6) is 0.885. The number of fused-ring (bicyclic) bond motifs is 1. The van der Waals surface area contributed by atoms with Crippen molar-refractivity contribution in [3.63, 3.8) is 0 Å². The minimum atomic E-state index is -0.741. The van der Waals surface area contributed by atoms with Gasteiger partial charge < -0.3 is 25.0 Å². The Morgan fingerprint density at radius 2 is 1.85 bits per heavy atom. The summed E-state index contributed by atoms with van der Waals surface area (Å²) < 4.78 is 11.1. The Bertz CT molecular complexity index is 1670. The summed E-state index contributed by atoms with van der Waals surface area (Å²) >= 11 is 0. The van der Waals surface area contributed by atoms with Gasteiger partial charge in [-0.3, -0.25) is 4.98 Å². The number of aliphatic hydroxyl groups is 1. The summed E-state index contributed by atoms with van der Waals surface area (Å²) in [4.78, 5) is 30.0. The van der Waals surface area contributed by atoms with Crippen LogP contribution in [0.2, 0.25) is 0 Å². The molecule has 0 radical (unpaired) electrons. The van der Waals surface area contributed by atoms with Crippen molar-refractivity contribution < 1.29 is 19.2 Å². The molecule has 200 valence electrons. The molecule has 1 aliphatic heterocycles. The molecule has 4 heterocycles. The second kappa shape index (κ2) is 10.2. The highest BCUT2D eigenvalue weighted by Gasteiger charge is 2.37.